The van der Waals surface area contributed by atoms with Crippen LogP contribution in [0.5, 0.6) is 0 Å². The lowest BCUT2D eigenvalue weighted by molar-refractivity contribution is -0.139. The van der Waals surface area contributed by atoms with Gasteiger partial charge in [0.25, 0.3) is 0 Å². The summed E-state index contributed by atoms with van der Waals surface area (Å²) < 4.78 is 0. The average Bonchev–Trinajstić information content (AvgIpc) is 2.63. The third-order valence-electron chi connectivity index (χ3n) is 10.1. The molecule has 0 atom stereocenters. The molecule has 0 aromatic carbocycles. The number of carboxylic acids is 1. The monoisotopic (exact) mass is 434 g/mol. The van der Waals surface area contributed by atoms with Gasteiger partial charge in [-0.2, -0.15) is 0 Å². The summed E-state index contributed by atoms with van der Waals surface area (Å²) in [5, 5.41) is 8.68. The fourth-order valence-electron chi connectivity index (χ4n) is 9.93. The molecule has 4 heteroatoms. The minimum absolute atomic E-state index is 0.134. The molecule has 8 bridgehead atoms. The molecular weight excluding hydrogens is 396 g/mol. The summed E-state index contributed by atoms with van der Waals surface area (Å²) in [5.41, 5.74) is 0.979. The van der Waals surface area contributed by atoms with Crippen LogP contribution in [0.1, 0.15) is 103 Å². The van der Waals surface area contributed by atoms with Crippen molar-refractivity contribution >= 4 is 22.8 Å². The smallest absolute Gasteiger partial charge is 0.303 e. The number of hydrogen-bond acceptors (Lipinski definition) is 2. The van der Waals surface area contributed by atoms with Gasteiger partial charge in [-0.15, -0.1) is 0 Å². The number of carbonyl (C=O) groups excluding carboxylic acids is 1. The molecule has 8 aliphatic rings. The lowest BCUT2D eigenvalue weighted by Crippen LogP contribution is -2.46. The van der Waals surface area contributed by atoms with Gasteiger partial charge in [0, 0.05) is 12.8 Å². The molecule has 0 aromatic heterocycles. The minimum Gasteiger partial charge on any atom is -0.481 e. The van der Waals surface area contributed by atoms with Gasteiger partial charge < -0.3 is 5.11 Å². The summed E-state index contributed by atoms with van der Waals surface area (Å²) in [6, 6.07) is 0. The van der Waals surface area contributed by atoms with Gasteiger partial charge in [0.15, 0.2) is 0 Å². The highest BCUT2D eigenvalue weighted by Crippen LogP contribution is 2.62. The molecule has 0 aliphatic heterocycles. The second kappa shape index (κ2) is 8.09. The SMILES string of the molecule is O=C(Cl)CCC12CC3CC(CC(C3)C1)C2.O=C(O)CCC12CC3CC(CC(C3)C1)C2. The van der Waals surface area contributed by atoms with Crippen LogP contribution in [0.15, 0.2) is 0 Å². The van der Waals surface area contributed by atoms with E-state index in [0.717, 1.165) is 48.3 Å². The molecule has 1 N–H and O–H groups in total. The van der Waals surface area contributed by atoms with Crippen LogP contribution in [-0.4, -0.2) is 16.3 Å². The van der Waals surface area contributed by atoms with Crippen LogP contribution in [0.4, 0.5) is 0 Å². The van der Waals surface area contributed by atoms with E-state index in [1.807, 2.05) is 0 Å². The Balaban J connectivity index is 0.000000128. The number of hydrogen-bond donors (Lipinski definition) is 1. The predicted octanol–water partition coefficient (Wildman–Crippen LogP) is 6.82. The van der Waals surface area contributed by atoms with Gasteiger partial charge in [0.2, 0.25) is 5.24 Å². The van der Waals surface area contributed by atoms with Crippen molar-refractivity contribution in [3.05, 3.63) is 0 Å². The predicted molar refractivity (Wildman–Crippen MR) is 118 cm³/mol. The van der Waals surface area contributed by atoms with E-state index in [1.165, 1.54) is 77.0 Å². The van der Waals surface area contributed by atoms with Crippen LogP contribution in [-0.2, 0) is 9.59 Å². The van der Waals surface area contributed by atoms with Gasteiger partial charge in [0.1, 0.15) is 0 Å². The van der Waals surface area contributed by atoms with Gasteiger partial charge in [-0.3, -0.25) is 9.59 Å². The van der Waals surface area contributed by atoms with Crippen LogP contribution in [0.3, 0.4) is 0 Å². The van der Waals surface area contributed by atoms with Crippen LogP contribution in [0.2, 0.25) is 0 Å². The average molecular weight is 435 g/mol. The number of aliphatic carboxylic acids is 1. The van der Waals surface area contributed by atoms with Gasteiger partial charge >= 0.3 is 5.97 Å². The summed E-state index contributed by atoms with van der Waals surface area (Å²) in [4.78, 5) is 21.6. The fourth-order valence-corrected chi connectivity index (χ4v) is 10.0. The fraction of sp³-hybridized carbons (Fsp3) is 0.923. The van der Waals surface area contributed by atoms with E-state index in [2.05, 4.69) is 0 Å². The first-order valence-electron chi connectivity index (χ1n) is 12.7. The zero-order valence-electron chi connectivity index (χ0n) is 18.4. The van der Waals surface area contributed by atoms with Gasteiger partial charge in [-0.25, -0.2) is 0 Å². The molecule has 0 aromatic rings. The van der Waals surface area contributed by atoms with E-state index in [9.17, 15) is 9.59 Å². The normalized spacial score (nSPS) is 47.1. The first-order valence-corrected chi connectivity index (χ1v) is 13.1. The minimum atomic E-state index is -0.606. The maximum Gasteiger partial charge on any atom is 0.303 e. The molecule has 0 amide bonds. The molecule has 0 heterocycles. The third-order valence-corrected chi connectivity index (χ3v) is 10.2. The third kappa shape index (κ3) is 4.48. The first kappa shape index (κ1) is 21.3. The second-order valence-corrected chi connectivity index (χ2v) is 13.0. The molecule has 8 rings (SSSR count). The Kier molecular flexibility index (Phi) is 5.74. The highest BCUT2D eigenvalue weighted by atomic mass is 35.5. The molecule has 3 nitrogen and oxygen atoms in total. The maximum absolute atomic E-state index is 10.9. The molecule has 0 radical (unpaired) electrons. The molecule has 0 unspecified atom stereocenters. The van der Waals surface area contributed by atoms with Crippen LogP contribution < -0.4 is 0 Å². The lowest BCUT2D eigenvalue weighted by Gasteiger charge is -2.57. The maximum atomic E-state index is 10.9. The molecule has 8 fully saturated rings. The van der Waals surface area contributed by atoms with Crippen LogP contribution >= 0.6 is 11.6 Å². The zero-order chi connectivity index (χ0) is 20.9. The Morgan fingerprint density at radius 1 is 0.633 bits per heavy atom. The molecule has 8 aliphatic carbocycles. The highest BCUT2D eigenvalue weighted by Gasteiger charge is 2.51. The number of carboxylic acid groups (broad SMARTS) is 1. The molecule has 8 saturated carbocycles. The van der Waals surface area contributed by atoms with Gasteiger partial charge in [-0.1, -0.05) is 0 Å². The Morgan fingerprint density at radius 2 is 0.933 bits per heavy atom. The van der Waals surface area contributed by atoms with Crippen molar-refractivity contribution in [2.24, 2.45) is 46.3 Å². The standard InChI is InChI=1S/C13H19ClO.C13H20O2/c2*14-12(15)1-2-13-6-9-3-10(7-13)5-11(4-9)8-13/h9-11H,1-8H2;9-11H,1-8H2,(H,14,15). The summed E-state index contributed by atoms with van der Waals surface area (Å²) in [7, 11) is 0. The quantitative estimate of drug-likeness (QED) is 0.466. The van der Waals surface area contributed by atoms with E-state index in [0.29, 0.717) is 23.7 Å². The van der Waals surface area contributed by atoms with E-state index in [1.54, 1.807) is 0 Å². The molecule has 30 heavy (non-hydrogen) atoms. The summed E-state index contributed by atoms with van der Waals surface area (Å²) >= 11 is 5.48. The number of halogens is 1. The Hall–Kier alpha value is -0.570. The second-order valence-electron chi connectivity index (χ2n) is 12.6. The van der Waals surface area contributed by atoms with Crippen molar-refractivity contribution in [1.29, 1.82) is 0 Å². The summed E-state index contributed by atoms with van der Waals surface area (Å²) in [5.74, 6) is 5.20. The van der Waals surface area contributed by atoms with Crippen molar-refractivity contribution in [3.8, 4) is 0 Å². The van der Waals surface area contributed by atoms with Gasteiger partial charge in [0.05, 0.1) is 0 Å². The van der Waals surface area contributed by atoms with Crippen molar-refractivity contribution in [2.45, 2.75) is 103 Å². The van der Waals surface area contributed by atoms with Crippen molar-refractivity contribution < 1.29 is 14.7 Å². The van der Waals surface area contributed by atoms with Crippen molar-refractivity contribution in [3.63, 3.8) is 0 Å². The first-order chi connectivity index (χ1) is 14.3. The zero-order valence-corrected chi connectivity index (χ0v) is 19.2. The van der Waals surface area contributed by atoms with Crippen LogP contribution in [0.25, 0.3) is 0 Å². The largest absolute Gasteiger partial charge is 0.481 e. The van der Waals surface area contributed by atoms with Crippen molar-refractivity contribution in [1.82, 2.24) is 0 Å². The molecule has 168 valence electrons. The van der Waals surface area contributed by atoms with E-state index >= 15 is 0 Å². The topological polar surface area (TPSA) is 54.4 Å². The summed E-state index contributed by atoms with van der Waals surface area (Å²) in [6.07, 6.45) is 20.0. The molecule has 0 spiro atoms. The molecular formula is C26H39ClO3. The van der Waals surface area contributed by atoms with E-state index < -0.39 is 5.97 Å². The van der Waals surface area contributed by atoms with Crippen molar-refractivity contribution in [2.75, 3.05) is 0 Å². The molecule has 0 saturated heterocycles. The number of carbonyl (C=O) groups is 2. The highest BCUT2D eigenvalue weighted by molar-refractivity contribution is 6.63. The Labute approximate surface area is 186 Å². The van der Waals surface area contributed by atoms with Crippen LogP contribution in [0, 0.1) is 46.3 Å². The lowest BCUT2D eigenvalue weighted by atomic mass is 9.48. The summed E-state index contributed by atoms with van der Waals surface area (Å²) in [6.45, 7) is 0. The Bertz CT molecular complexity index is 555. The Morgan fingerprint density at radius 3 is 1.20 bits per heavy atom. The van der Waals surface area contributed by atoms with Gasteiger partial charge in [-0.05, 0) is 148 Å². The van der Waals surface area contributed by atoms with E-state index in [4.69, 9.17) is 16.7 Å². The number of rotatable bonds is 6. The van der Waals surface area contributed by atoms with E-state index in [-0.39, 0.29) is 5.24 Å².